The maximum absolute atomic E-state index is 11.9. The number of nitrogens with one attached hydrogen (secondary N) is 1. The van der Waals surface area contributed by atoms with Crippen molar-refractivity contribution in [2.45, 2.75) is 13.8 Å². The van der Waals surface area contributed by atoms with Crippen LogP contribution in [-0.2, 0) is 0 Å². The lowest BCUT2D eigenvalue weighted by Gasteiger charge is -2.03. The molecule has 0 radical (unpaired) electrons. The molecule has 1 aromatic heterocycles. The molecule has 0 bridgehead atoms. The van der Waals surface area contributed by atoms with Gasteiger partial charge in [0.05, 0.1) is 12.8 Å². The highest BCUT2D eigenvalue weighted by atomic mass is 32.1. The number of thiophene rings is 1. The minimum Gasteiger partial charge on any atom is -0.494 e. The summed E-state index contributed by atoms with van der Waals surface area (Å²) in [7, 11) is 0. The van der Waals surface area contributed by atoms with Gasteiger partial charge in [-0.15, -0.1) is 11.3 Å². The van der Waals surface area contributed by atoms with Crippen molar-refractivity contribution in [3.8, 4) is 5.75 Å². The molecule has 0 atom stereocenters. The van der Waals surface area contributed by atoms with Gasteiger partial charge >= 0.3 is 0 Å². The zero-order valence-corrected chi connectivity index (χ0v) is 12.2. The quantitative estimate of drug-likeness (QED) is 0.678. The van der Waals surface area contributed by atoms with Crippen LogP contribution in [0.4, 0.5) is 0 Å². The molecule has 1 amide bonds. The second-order valence-electron chi connectivity index (χ2n) is 4.12. The van der Waals surface area contributed by atoms with E-state index in [-0.39, 0.29) is 5.91 Å². The molecule has 1 N–H and O–H groups in total. The van der Waals surface area contributed by atoms with Crippen LogP contribution in [0, 0.1) is 6.92 Å². The Hall–Kier alpha value is -2.14. The number of rotatable bonds is 5. The van der Waals surface area contributed by atoms with Crippen molar-refractivity contribution in [2.75, 3.05) is 6.61 Å². The Bertz CT molecular complexity index is 603. The molecule has 0 spiro atoms. The van der Waals surface area contributed by atoms with Gasteiger partial charge in [-0.1, -0.05) is 0 Å². The second-order valence-corrected chi connectivity index (χ2v) is 5.07. The van der Waals surface area contributed by atoms with Gasteiger partial charge in [-0.2, -0.15) is 5.10 Å². The van der Waals surface area contributed by atoms with Crippen molar-refractivity contribution in [3.05, 3.63) is 51.7 Å². The third-order valence-electron chi connectivity index (χ3n) is 2.68. The van der Waals surface area contributed by atoms with Gasteiger partial charge in [0.1, 0.15) is 5.75 Å². The molecule has 104 valence electrons. The molecule has 0 unspecified atom stereocenters. The summed E-state index contributed by atoms with van der Waals surface area (Å²) in [5.41, 5.74) is 4.21. The number of hydrogen-bond acceptors (Lipinski definition) is 4. The normalized spacial score (nSPS) is 10.7. The number of nitrogens with zero attached hydrogens (tertiary/aromatic N) is 1. The summed E-state index contributed by atoms with van der Waals surface area (Å²) in [6, 6.07) is 8.98. The number of benzene rings is 1. The molecule has 0 saturated carbocycles. The lowest BCUT2D eigenvalue weighted by atomic mass is 10.2. The standard InChI is InChI=1S/C15H16N2O2S/c1-3-19-13-6-4-12(5-7-13)15(18)17-16-10-14-11(2)8-9-20-14/h4-10H,3H2,1-2H3,(H,17,18)/b16-10+. The first-order valence-corrected chi connectivity index (χ1v) is 7.19. The fraction of sp³-hybridized carbons (Fsp3) is 0.200. The zero-order valence-electron chi connectivity index (χ0n) is 11.4. The van der Waals surface area contributed by atoms with E-state index in [2.05, 4.69) is 10.5 Å². The third kappa shape index (κ3) is 3.68. The van der Waals surface area contributed by atoms with E-state index in [4.69, 9.17) is 4.74 Å². The van der Waals surface area contributed by atoms with E-state index in [0.717, 1.165) is 16.2 Å². The van der Waals surface area contributed by atoms with Crippen LogP contribution in [0.3, 0.4) is 0 Å². The molecular weight excluding hydrogens is 272 g/mol. The van der Waals surface area contributed by atoms with Gasteiger partial charge in [0.25, 0.3) is 5.91 Å². The molecule has 2 rings (SSSR count). The van der Waals surface area contributed by atoms with Gasteiger partial charge < -0.3 is 4.74 Å². The highest BCUT2D eigenvalue weighted by Gasteiger charge is 2.04. The number of carbonyl (C=O) groups excluding carboxylic acids is 1. The minimum absolute atomic E-state index is 0.237. The number of hydrazone groups is 1. The third-order valence-corrected chi connectivity index (χ3v) is 3.63. The average Bonchev–Trinajstić information content (AvgIpc) is 2.85. The lowest BCUT2D eigenvalue weighted by molar-refractivity contribution is 0.0955. The smallest absolute Gasteiger partial charge is 0.271 e. The van der Waals surface area contributed by atoms with Crippen LogP contribution >= 0.6 is 11.3 Å². The van der Waals surface area contributed by atoms with Crippen LogP contribution in [0.2, 0.25) is 0 Å². The van der Waals surface area contributed by atoms with Gasteiger partial charge in [-0.25, -0.2) is 5.43 Å². The molecule has 0 aliphatic carbocycles. The monoisotopic (exact) mass is 288 g/mol. The van der Waals surface area contributed by atoms with Crippen LogP contribution < -0.4 is 10.2 Å². The van der Waals surface area contributed by atoms with E-state index in [9.17, 15) is 4.79 Å². The first-order valence-electron chi connectivity index (χ1n) is 6.31. The molecule has 4 nitrogen and oxygen atoms in total. The molecule has 0 aliphatic heterocycles. The number of hydrogen-bond donors (Lipinski definition) is 1. The molecule has 0 aliphatic rings. The molecule has 2 aromatic rings. The molecular formula is C15H16N2O2S. The van der Waals surface area contributed by atoms with Crippen LogP contribution in [0.1, 0.15) is 27.7 Å². The van der Waals surface area contributed by atoms with Gasteiger partial charge in [-0.3, -0.25) is 4.79 Å². The fourth-order valence-corrected chi connectivity index (χ4v) is 2.39. The zero-order chi connectivity index (χ0) is 14.4. The maximum atomic E-state index is 11.9. The van der Waals surface area contributed by atoms with Crippen LogP contribution in [0.25, 0.3) is 0 Å². The number of ether oxygens (including phenoxy) is 1. The molecule has 20 heavy (non-hydrogen) atoms. The maximum Gasteiger partial charge on any atom is 0.271 e. The molecule has 1 heterocycles. The summed E-state index contributed by atoms with van der Waals surface area (Å²) in [6.45, 7) is 4.53. The minimum atomic E-state index is -0.237. The Balaban J connectivity index is 1.94. The van der Waals surface area contributed by atoms with E-state index >= 15 is 0 Å². The summed E-state index contributed by atoms with van der Waals surface area (Å²) in [6.07, 6.45) is 1.66. The first-order chi connectivity index (χ1) is 9.70. The SMILES string of the molecule is CCOc1ccc(C(=O)N/N=C/c2sccc2C)cc1. The molecule has 1 aromatic carbocycles. The highest BCUT2D eigenvalue weighted by molar-refractivity contribution is 7.11. The Morgan fingerprint density at radius 3 is 2.70 bits per heavy atom. The number of aryl methyl sites for hydroxylation is 1. The Morgan fingerprint density at radius 1 is 1.35 bits per heavy atom. The number of amides is 1. The average molecular weight is 288 g/mol. The van der Waals surface area contributed by atoms with Crippen molar-refractivity contribution in [2.24, 2.45) is 5.10 Å². The van der Waals surface area contributed by atoms with E-state index < -0.39 is 0 Å². The molecule has 0 saturated heterocycles. The highest BCUT2D eigenvalue weighted by Crippen LogP contribution is 2.13. The summed E-state index contributed by atoms with van der Waals surface area (Å²) in [5, 5.41) is 5.96. The Labute approximate surface area is 122 Å². The first kappa shape index (κ1) is 14.3. The second kappa shape index (κ2) is 6.86. The predicted octanol–water partition coefficient (Wildman–Crippen LogP) is 3.22. The predicted molar refractivity (Wildman–Crippen MR) is 81.7 cm³/mol. The summed E-state index contributed by atoms with van der Waals surface area (Å²) < 4.78 is 5.32. The van der Waals surface area contributed by atoms with E-state index in [0.29, 0.717) is 12.2 Å². The summed E-state index contributed by atoms with van der Waals surface area (Å²) in [5.74, 6) is 0.514. The van der Waals surface area contributed by atoms with Gasteiger partial charge in [0.2, 0.25) is 0 Å². The van der Waals surface area contributed by atoms with Crippen LogP contribution in [-0.4, -0.2) is 18.7 Å². The van der Waals surface area contributed by atoms with Gasteiger partial charge in [-0.05, 0) is 55.1 Å². The van der Waals surface area contributed by atoms with Crippen molar-refractivity contribution in [1.82, 2.24) is 5.43 Å². The van der Waals surface area contributed by atoms with Crippen LogP contribution in [0.15, 0.2) is 40.8 Å². The lowest BCUT2D eigenvalue weighted by Crippen LogP contribution is -2.17. The van der Waals surface area contributed by atoms with Crippen molar-refractivity contribution in [1.29, 1.82) is 0 Å². The topological polar surface area (TPSA) is 50.7 Å². The largest absolute Gasteiger partial charge is 0.494 e. The Morgan fingerprint density at radius 2 is 2.10 bits per heavy atom. The summed E-state index contributed by atoms with van der Waals surface area (Å²) in [4.78, 5) is 12.9. The van der Waals surface area contributed by atoms with Crippen molar-refractivity contribution in [3.63, 3.8) is 0 Å². The molecule has 5 heteroatoms. The van der Waals surface area contributed by atoms with E-state index in [1.807, 2.05) is 25.3 Å². The Kier molecular flexibility index (Phi) is 4.90. The van der Waals surface area contributed by atoms with Gasteiger partial charge in [0, 0.05) is 10.4 Å². The van der Waals surface area contributed by atoms with E-state index in [1.54, 1.807) is 41.8 Å². The fourth-order valence-electron chi connectivity index (χ4n) is 1.60. The summed E-state index contributed by atoms with van der Waals surface area (Å²) >= 11 is 1.59. The van der Waals surface area contributed by atoms with Gasteiger partial charge in [0.15, 0.2) is 0 Å². The number of carbonyl (C=O) groups is 1. The van der Waals surface area contributed by atoms with Crippen molar-refractivity contribution < 1.29 is 9.53 Å². The van der Waals surface area contributed by atoms with Crippen molar-refractivity contribution >= 4 is 23.5 Å². The van der Waals surface area contributed by atoms with Crippen LogP contribution in [0.5, 0.6) is 5.75 Å². The molecule has 0 fully saturated rings. The van der Waals surface area contributed by atoms with E-state index in [1.165, 1.54) is 0 Å².